The van der Waals surface area contributed by atoms with E-state index in [0.29, 0.717) is 25.3 Å². The Morgan fingerprint density at radius 3 is 3.00 bits per heavy atom. The second-order valence-corrected chi connectivity index (χ2v) is 7.67. The van der Waals surface area contributed by atoms with Crippen LogP contribution in [0, 0.1) is 0 Å². The second-order valence-electron chi connectivity index (χ2n) is 7.67. The first-order chi connectivity index (χ1) is 15.2. The van der Waals surface area contributed by atoms with Crippen LogP contribution in [0.1, 0.15) is 18.4 Å². The van der Waals surface area contributed by atoms with E-state index in [1.807, 2.05) is 36.4 Å². The Balaban J connectivity index is 1.14. The average Bonchev–Trinajstić information content (AvgIpc) is 3.47. The van der Waals surface area contributed by atoms with Crippen LogP contribution in [0.3, 0.4) is 0 Å². The van der Waals surface area contributed by atoms with E-state index >= 15 is 0 Å². The fourth-order valence-electron chi connectivity index (χ4n) is 3.89. The van der Waals surface area contributed by atoms with Crippen LogP contribution in [-0.4, -0.2) is 46.8 Å². The Kier molecular flexibility index (Phi) is 5.35. The number of carbonyl (C=O) groups excluding carboxylic acids is 1. The number of nitrogens with one attached hydrogen (secondary N) is 1. The molecular formula is C23H23N5O3. The number of fused-ring (bicyclic) bond motifs is 1. The molecule has 2 aliphatic rings. The lowest BCUT2D eigenvalue weighted by molar-refractivity contribution is -0.121. The number of anilines is 1. The number of hydrogen-bond donors (Lipinski definition) is 1. The summed E-state index contributed by atoms with van der Waals surface area (Å²) < 4.78 is 10.7. The largest absolute Gasteiger partial charge is 0.454 e. The number of amides is 1. The van der Waals surface area contributed by atoms with Gasteiger partial charge in [-0.2, -0.15) is 0 Å². The zero-order valence-corrected chi connectivity index (χ0v) is 17.0. The second kappa shape index (κ2) is 8.59. The van der Waals surface area contributed by atoms with Gasteiger partial charge >= 0.3 is 0 Å². The molecule has 158 valence electrons. The van der Waals surface area contributed by atoms with E-state index in [4.69, 9.17) is 9.47 Å². The monoisotopic (exact) mass is 417 g/mol. The Hall–Kier alpha value is -3.68. The Morgan fingerprint density at radius 1 is 1.16 bits per heavy atom. The van der Waals surface area contributed by atoms with Crippen molar-refractivity contribution < 1.29 is 14.3 Å². The molecule has 0 spiro atoms. The van der Waals surface area contributed by atoms with Gasteiger partial charge < -0.3 is 19.7 Å². The highest BCUT2D eigenvalue weighted by Crippen LogP contribution is 2.32. The summed E-state index contributed by atoms with van der Waals surface area (Å²) in [6.07, 6.45) is 7.27. The third-order valence-corrected chi connectivity index (χ3v) is 5.51. The van der Waals surface area contributed by atoms with Crippen molar-refractivity contribution in [3.63, 3.8) is 0 Å². The number of rotatable bonds is 6. The highest BCUT2D eigenvalue weighted by Gasteiger charge is 2.26. The number of hydrogen-bond acceptors (Lipinski definition) is 7. The predicted octanol–water partition coefficient (Wildman–Crippen LogP) is 2.60. The molecule has 5 rings (SSSR count). The molecule has 31 heavy (non-hydrogen) atoms. The lowest BCUT2D eigenvalue weighted by Crippen LogP contribution is -2.37. The minimum Gasteiger partial charge on any atom is -0.454 e. The van der Waals surface area contributed by atoms with Gasteiger partial charge in [0.05, 0.1) is 5.69 Å². The predicted molar refractivity (Wildman–Crippen MR) is 115 cm³/mol. The highest BCUT2D eigenvalue weighted by atomic mass is 16.7. The van der Waals surface area contributed by atoms with E-state index in [2.05, 4.69) is 25.2 Å². The minimum atomic E-state index is 0.0505. The van der Waals surface area contributed by atoms with Crippen LogP contribution in [0.4, 0.5) is 5.95 Å². The normalized spacial score (nSPS) is 17.0. The maximum Gasteiger partial charge on any atom is 0.231 e. The molecule has 0 saturated carbocycles. The molecule has 8 nitrogen and oxygen atoms in total. The maximum atomic E-state index is 12.5. The van der Waals surface area contributed by atoms with Crippen LogP contribution in [-0.2, 0) is 11.2 Å². The first kappa shape index (κ1) is 19.3. The average molecular weight is 417 g/mol. The van der Waals surface area contributed by atoms with E-state index in [0.717, 1.165) is 41.3 Å². The summed E-state index contributed by atoms with van der Waals surface area (Å²) in [5, 5.41) is 3.15. The lowest BCUT2D eigenvalue weighted by atomic mass is 10.1. The standard InChI is InChI=1S/C23H23N5O3/c29-22(6-4-16-3-5-20-21(12-16)31-15-30-20)26-18-8-11-28(14-18)23-25-10-7-19(27-23)17-2-1-9-24-13-17/h1-3,5,7,9-10,12-13,18H,4,6,8,11,14-15H2,(H,26,29). The SMILES string of the molecule is O=C(CCc1ccc2c(c1)OCO2)NC1CCN(c2nccc(-c3cccnc3)n2)C1. The van der Waals surface area contributed by atoms with Crippen LogP contribution >= 0.6 is 0 Å². The van der Waals surface area contributed by atoms with Gasteiger partial charge in [0.2, 0.25) is 18.6 Å². The van der Waals surface area contributed by atoms with E-state index < -0.39 is 0 Å². The van der Waals surface area contributed by atoms with Crippen molar-refractivity contribution in [2.24, 2.45) is 0 Å². The van der Waals surface area contributed by atoms with Gasteiger partial charge in [-0.15, -0.1) is 0 Å². The summed E-state index contributed by atoms with van der Waals surface area (Å²) in [4.78, 5) is 27.8. The van der Waals surface area contributed by atoms with Crippen molar-refractivity contribution in [3.05, 3.63) is 60.6 Å². The topological polar surface area (TPSA) is 89.5 Å². The van der Waals surface area contributed by atoms with Crippen molar-refractivity contribution in [1.29, 1.82) is 0 Å². The Morgan fingerprint density at radius 2 is 2.10 bits per heavy atom. The van der Waals surface area contributed by atoms with E-state index in [9.17, 15) is 4.79 Å². The summed E-state index contributed by atoms with van der Waals surface area (Å²) in [6.45, 7) is 1.77. The van der Waals surface area contributed by atoms with Crippen LogP contribution in [0.25, 0.3) is 11.3 Å². The van der Waals surface area contributed by atoms with Crippen molar-refractivity contribution >= 4 is 11.9 Å². The van der Waals surface area contributed by atoms with Gasteiger partial charge in [-0.1, -0.05) is 6.07 Å². The summed E-state index contributed by atoms with van der Waals surface area (Å²) in [6, 6.07) is 11.7. The van der Waals surface area contributed by atoms with Gasteiger partial charge in [0.15, 0.2) is 11.5 Å². The quantitative estimate of drug-likeness (QED) is 0.659. The van der Waals surface area contributed by atoms with Crippen LogP contribution < -0.4 is 19.7 Å². The number of pyridine rings is 1. The van der Waals surface area contributed by atoms with E-state index in [1.165, 1.54) is 0 Å². The van der Waals surface area contributed by atoms with Crippen molar-refractivity contribution in [1.82, 2.24) is 20.3 Å². The van der Waals surface area contributed by atoms with E-state index in [1.54, 1.807) is 18.6 Å². The lowest BCUT2D eigenvalue weighted by Gasteiger charge is -2.17. The number of nitrogens with zero attached hydrogens (tertiary/aromatic N) is 4. The van der Waals surface area contributed by atoms with Gasteiger partial charge in [0.1, 0.15) is 0 Å². The molecule has 0 aliphatic carbocycles. The molecule has 2 aromatic heterocycles. The third kappa shape index (κ3) is 4.42. The molecule has 0 bridgehead atoms. The molecule has 4 heterocycles. The summed E-state index contributed by atoms with van der Waals surface area (Å²) in [7, 11) is 0. The van der Waals surface area contributed by atoms with Gasteiger partial charge in [-0.3, -0.25) is 9.78 Å². The van der Waals surface area contributed by atoms with Gasteiger partial charge in [-0.05, 0) is 48.7 Å². The highest BCUT2D eigenvalue weighted by molar-refractivity contribution is 5.76. The number of aryl methyl sites for hydroxylation is 1. The van der Waals surface area contributed by atoms with Gasteiger partial charge in [0.25, 0.3) is 0 Å². The summed E-state index contributed by atoms with van der Waals surface area (Å²) in [5.41, 5.74) is 2.86. The van der Waals surface area contributed by atoms with Crippen LogP contribution in [0.15, 0.2) is 55.0 Å². The van der Waals surface area contributed by atoms with Crippen molar-refractivity contribution in [3.8, 4) is 22.8 Å². The molecule has 1 saturated heterocycles. The summed E-state index contributed by atoms with van der Waals surface area (Å²) >= 11 is 0. The minimum absolute atomic E-state index is 0.0505. The molecule has 1 unspecified atom stereocenters. The van der Waals surface area contributed by atoms with Crippen LogP contribution in [0.2, 0.25) is 0 Å². The number of ether oxygens (including phenoxy) is 2. The molecule has 3 aromatic rings. The fraction of sp³-hybridized carbons (Fsp3) is 0.304. The van der Waals surface area contributed by atoms with Crippen molar-refractivity contribution in [2.75, 3.05) is 24.8 Å². The molecule has 1 amide bonds. The number of carbonyl (C=O) groups is 1. The molecule has 1 fully saturated rings. The van der Waals surface area contributed by atoms with E-state index in [-0.39, 0.29) is 18.7 Å². The number of aromatic nitrogens is 3. The Labute approximate surface area is 180 Å². The first-order valence-corrected chi connectivity index (χ1v) is 10.4. The number of benzene rings is 1. The van der Waals surface area contributed by atoms with Crippen molar-refractivity contribution in [2.45, 2.75) is 25.3 Å². The molecule has 1 N–H and O–H groups in total. The molecule has 2 aliphatic heterocycles. The zero-order valence-electron chi connectivity index (χ0n) is 17.0. The fourth-order valence-corrected chi connectivity index (χ4v) is 3.89. The molecular weight excluding hydrogens is 394 g/mol. The van der Waals surface area contributed by atoms with Gasteiger partial charge in [0, 0.05) is 49.7 Å². The molecule has 8 heteroatoms. The maximum absolute atomic E-state index is 12.5. The molecule has 1 aromatic carbocycles. The zero-order chi connectivity index (χ0) is 21.0. The Bertz CT molecular complexity index is 1080. The molecule has 1 atom stereocenters. The van der Waals surface area contributed by atoms with Crippen LogP contribution in [0.5, 0.6) is 11.5 Å². The first-order valence-electron chi connectivity index (χ1n) is 10.4. The third-order valence-electron chi connectivity index (χ3n) is 5.51. The van der Waals surface area contributed by atoms with Gasteiger partial charge in [-0.25, -0.2) is 9.97 Å². The summed E-state index contributed by atoms with van der Waals surface area (Å²) in [5.74, 6) is 2.24. The molecule has 0 radical (unpaired) electrons. The smallest absolute Gasteiger partial charge is 0.231 e.